The van der Waals surface area contributed by atoms with Crippen molar-refractivity contribution in [2.24, 2.45) is 0 Å². The molecule has 0 saturated carbocycles. The summed E-state index contributed by atoms with van der Waals surface area (Å²) in [5, 5.41) is 2.16. The molecule has 6 rings (SSSR count). The highest BCUT2D eigenvalue weighted by Crippen LogP contribution is 2.41. The molecular weight excluding hydrogens is 403 g/mol. The van der Waals surface area contributed by atoms with Gasteiger partial charge < -0.3 is 4.90 Å². The summed E-state index contributed by atoms with van der Waals surface area (Å²) in [6, 6.07) is 2.15. The van der Waals surface area contributed by atoms with E-state index < -0.39 is 35.5 Å². The quantitative estimate of drug-likeness (QED) is 0.714. The fourth-order valence-corrected chi connectivity index (χ4v) is 5.62. The van der Waals surface area contributed by atoms with Crippen LogP contribution in [0.2, 0.25) is 0 Å². The van der Waals surface area contributed by atoms with Gasteiger partial charge in [0, 0.05) is 37.1 Å². The van der Waals surface area contributed by atoms with Crippen LogP contribution in [0.3, 0.4) is 0 Å². The van der Waals surface area contributed by atoms with E-state index in [1.165, 1.54) is 6.07 Å². The lowest BCUT2D eigenvalue weighted by atomic mass is 9.82. The monoisotopic (exact) mass is 428 g/mol. The van der Waals surface area contributed by atoms with E-state index in [1.807, 2.05) is 4.90 Å². The van der Waals surface area contributed by atoms with E-state index in [0.717, 1.165) is 17.4 Å². The molecule has 3 atom stereocenters. The lowest BCUT2D eigenvalue weighted by molar-refractivity contribution is -0.136. The molecule has 0 aromatic heterocycles. The maximum Gasteiger partial charge on any atom is 0.262 e. The lowest BCUT2D eigenvalue weighted by Crippen LogP contribution is -2.73. The molecule has 0 spiro atoms. The first-order valence-electron chi connectivity index (χ1n) is 10.6. The van der Waals surface area contributed by atoms with E-state index in [1.54, 1.807) is 0 Å². The number of hydrogen-bond donors (Lipinski definition) is 1. The molecule has 2 unspecified atom stereocenters. The van der Waals surface area contributed by atoms with E-state index in [0.29, 0.717) is 30.9 Å². The molecule has 164 valence electrons. The Hall–Kier alpha value is -2.81. The fourth-order valence-electron chi connectivity index (χ4n) is 5.62. The number of amides is 4. The number of nitrogens with one attached hydrogen (secondary N) is 1. The van der Waals surface area contributed by atoms with Crippen LogP contribution in [0.4, 0.5) is 10.1 Å². The number of fused-ring (bicyclic) bond motifs is 3. The van der Waals surface area contributed by atoms with E-state index in [4.69, 9.17) is 0 Å². The van der Waals surface area contributed by atoms with Crippen LogP contribution in [0, 0.1) is 5.82 Å². The highest BCUT2D eigenvalue weighted by molar-refractivity contribution is 6.23. The number of nitrogens with zero attached hydrogens (tertiary/aromatic N) is 3. The van der Waals surface area contributed by atoms with Gasteiger partial charge in [0.2, 0.25) is 11.8 Å². The molecule has 31 heavy (non-hydrogen) atoms. The van der Waals surface area contributed by atoms with Crippen LogP contribution in [0.5, 0.6) is 0 Å². The van der Waals surface area contributed by atoms with Gasteiger partial charge in [-0.1, -0.05) is 0 Å². The summed E-state index contributed by atoms with van der Waals surface area (Å²) in [6.45, 7) is 7.83. The molecule has 8 nitrogen and oxygen atoms in total. The number of halogens is 1. The van der Waals surface area contributed by atoms with Crippen LogP contribution < -0.4 is 10.2 Å². The first-order chi connectivity index (χ1) is 14.6. The van der Waals surface area contributed by atoms with Gasteiger partial charge in [0.1, 0.15) is 11.9 Å². The molecule has 0 aliphatic carbocycles. The van der Waals surface area contributed by atoms with Gasteiger partial charge in [-0.15, -0.1) is 0 Å². The molecule has 4 fully saturated rings. The summed E-state index contributed by atoms with van der Waals surface area (Å²) in [5.41, 5.74) is 0.432. The Morgan fingerprint density at radius 3 is 2.19 bits per heavy atom. The predicted molar refractivity (Wildman–Crippen MR) is 109 cm³/mol. The minimum absolute atomic E-state index is 0.0329. The third-order valence-corrected chi connectivity index (χ3v) is 6.82. The van der Waals surface area contributed by atoms with Crippen molar-refractivity contribution in [3.05, 3.63) is 29.1 Å². The van der Waals surface area contributed by atoms with Crippen LogP contribution in [-0.4, -0.2) is 70.2 Å². The molecular formula is C22H25FN4O4. The maximum atomic E-state index is 15.0. The Bertz CT molecular complexity index is 1020. The van der Waals surface area contributed by atoms with E-state index in [2.05, 4.69) is 31.0 Å². The van der Waals surface area contributed by atoms with Crippen molar-refractivity contribution >= 4 is 29.3 Å². The lowest BCUT2D eigenvalue weighted by Gasteiger charge is -2.61. The van der Waals surface area contributed by atoms with Crippen molar-refractivity contribution in [1.29, 1.82) is 0 Å². The van der Waals surface area contributed by atoms with Gasteiger partial charge in [0.15, 0.2) is 0 Å². The van der Waals surface area contributed by atoms with Crippen LogP contribution in [0.15, 0.2) is 12.1 Å². The summed E-state index contributed by atoms with van der Waals surface area (Å²) >= 11 is 0. The van der Waals surface area contributed by atoms with Crippen molar-refractivity contribution in [1.82, 2.24) is 15.1 Å². The van der Waals surface area contributed by atoms with Gasteiger partial charge in [-0.2, -0.15) is 0 Å². The van der Waals surface area contributed by atoms with E-state index >= 15 is 4.39 Å². The second-order valence-corrected chi connectivity index (χ2v) is 9.82. The minimum atomic E-state index is -1.06. The average molecular weight is 428 g/mol. The zero-order valence-corrected chi connectivity index (χ0v) is 17.8. The molecule has 5 aliphatic heterocycles. The SMILES string of the molecule is CC(C)(C)N1C2CC1CN(c1cc3c(cc1F)C(=O)N([C@H]1CCC(=O)NC1=O)C3=O)C2. The predicted octanol–water partition coefficient (Wildman–Crippen LogP) is 1.29. The molecule has 4 saturated heterocycles. The van der Waals surface area contributed by atoms with Gasteiger partial charge in [0.25, 0.3) is 11.8 Å². The number of rotatable bonds is 2. The zero-order chi connectivity index (χ0) is 22.2. The Morgan fingerprint density at radius 2 is 1.61 bits per heavy atom. The maximum absolute atomic E-state index is 15.0. The number of hydrogen-bond acceptors (Lipinski definition) is 6. The molecule has 1 aromatic rings. The van der Waals surface area contributed by atoms with Crippen LogP contribution in [0.25, 0.3) is 0 Å². The molecule has 9 heteroatoms. The molecule has 1 N–H and O–H groups in total. The van der Waals surface area contributed by atoms with E-state index in [9.17, 15) is 19.2 Å². The molecule has 5 heterocycles. The standard InChI is InChI=1S/C22H25FN4O4/c1-22(2,3)27-11-6-12(27)10-25(9-11)17-8-14-13(7-15(17)23)20(30)26(21(14)31)16-4-5-18(28)24-19(16)29/h7-8,11-12,16H,4-6,9-10H2,1-3H3,(H,24,28,29)/t11?,12?,16-/m0/s1. The Labute approximate surface area is 179 Å². The minimum Gasteiger partial charge on any atom is -0.366 e. The third-order valence-electron chi connectivity index (χ3n) is 6.82. The first-order valence-corrected chi connectivity index (χ1v) is 10.6. The fraction of sp³-hybridized carbons (Fsp3) is 0.545. The number of piperidine rings is 2. The number of anilines is 1. The number of imide groups is 2. The van der Waals surface area contributed by atoms with Crippen LogP contribution in [0.1, 0.15) is 60.7 Å². The third kappa shape index (κ3) is 2.97. The van der Waals surface area contributed by atoms with E-state index in [-0.39, 0.29) is 29.5 Å². The topological polar surface area (TPSA) is 90.0 Å². The highest BCUT2D eigenvalue weighted by atomic mass is 19.1. The van der Waals surface area contributed by atoms with Crippen molar-refractivity contribution in [2.45, 2.75) is 63.7 Å². The summed E-state index contributed by atoms with van der Waals surface area (Å²) in [6.07, 6.45) is 1.19. The average Bonchev–Trinajstić information content (AvgIpc) is 2.90. The summed E-state index contributed by atoms with van der Waals surface area (Å²) in [4.78, 5) is 54.8. The number of benzene rings is 1. The van der Waals surface area contributed by atoms with Crippen molar-refractivity contribution in [3.63, 3.8) is 0 Å². The zero-order valence-electron chi connectivity index (χ0n) is 17.8. The van der Waals surface area contributed by atoms with Gasteiger partial charge in [0.05, 0.1) is 16.8 Å². The summed E-state index contributed by atoms with van der Waals surface area (Å²) in [7, 11) is 0. The molecule has 1 aromatic carbocycles. The molecule has 5 aliphatic rings. The molecule has 4 amide bonds. The van der Waals surface area contributed by atoms with Crippen molar-refractivity contribution in [2.75, 3.05) is 18.0 Å². The smallest absolute Gasteiger partial charge is 0.262 e. The Balaban J connectivity index is 1.42. The first kappa shape index (κ1) is 20.1. The van der Waals surface area contributed by atoms with Crippen molar-refractivity contribution in [3.8, 4) is 0 Å². The Kier molecular flexibility index (Phi) is 4.28. The van der Waals surface area contributed by atoms with Gasteiger partial charge in [-0.05, 0) is 45.7 Å². The molecule has 0 radical (unpaired) electrons. The Morgan fingerprint density at radius 1 is 1.00 bits per heavy atom. The van der Waals surface area contributed by atoms with Gasteiger partial charge >= 0.3 is 0 Å². The second kappa shape index (κ2) is 6.59. The number of piperazine rings is 1. The van der Waals surface area contributed by atoms with Crippen LogP contribution in [-0.2, 0) is 9.59 Å². The normalized spacial score (nSPS) is 28.6. The van der Waals surface area contributed by atoms with Gasteiger partial charge in [-0.25, -0.2) is 4.39 Å². The number of carbonyl (C=O) groups excluding carboxylic acids is 4. The van der Waals surface area contributed by atoms with Crippen molar-refractivity contribution < 1.29 is 23.6 Å². The number of carbonyl (C=O) groups is 4. The molecule has 2 bridgehead atoms. The summed E-state index contributed by atoms with van der Waals surface area (Å²) in [5.74, 6) is -2.97. The van der Waals surface area contributed by atoms with Crippen LogP contribution >= 0.6 is 0 Å². The summed E-state index contributed by atoms with van der Waals surface area (Å²) < 4.78 is 15.0. The van der Waals surface area contributed by atoms with Gasteiger partial charge in [-0.3, -0.25) is 34.3 Å². The second-order valence-electron chi connectivity index (χ2n) is 9.82. The largest absolute Gasteiger partial charge is 0.366 e. The highest BCUT2D eigenvalue weighted by Gasteiger charge is 2.50.